The van der Waals surface area contributed by atoms with Crippen molar-refractivity contribution in [2.24, 2.45) is 17.3 Å². The maximum atomic E-state index is 3.62. The van der Waals surface area contributed by atoms with Gasteiger partial charge in [-0.15, -0.1) is 0 Å². The van der Waals surface area contributed by atoms with E-state index in [1.54, 1.807) is 0 Å². The van der Waals surface area contributed by atoms with Crippen molar-refractivity contribution in [2.45, 2.75) is 73.6 Å². The maximum absolute atomic E-state index is 3.62. The molecular weight excluding hydrogens is 206 g/mol. The topological polar surface area (TPSA) is 12.0 Å². The lowest BCUT2D eigenvalue weighted by Crippen LogP contribution is -2.26. The van der Waals surface area contributed by atoms with E-state index in [4.69, 9.17) is 0 Å². The zero-order valence-electron chi connectivity index (χ0n) is 13.1. The van der Waals surface area contributed by atoms with E-state index < -0.39 is 0 Å². The summed E-state index contributed by atoms with van der Waals surface area (Å²) in [5.74, 6) is 1.66. The third kappa shape index (κ3) is 12.2. The summed E-state index contributed by atoms with van der Waals surface area (Å²) in [6.07, 6.45) is 6.85. The molecule has 0 aromatic heterocycles. The predicted octanol–water partition coefficient (Wildman–Crippen LogP) is 4.86. The van der Waals surface area contributed by atoms with E-state index in [1.165, 1.54) is 45.2 Å². The maximum Gasteiger partial charge on any atom is -0.00204 e. The Morgan fingerprint density at radius 1 is 1.00 bits per heavy atom. The molecule has 1 atom stereocenters. The molecule has 0 amide bonds. The smallest absolute Gasteiger partial charge is 0.00204 e. The van der Waals surface area contributed by atoms with Gasteiger partial charge in [0.15, 0.2) is 0 Å². The quantitative estimate of drug-likeness (QED) is 0.607. The highest BCUT2D eigenvalue weighted by molar-refractivity contribution is 4.67. The van der Waals surface area contributed by atoms with Gasteiger partial charge in [-0.2, -0.15) is 0 Å². The van der Waals surface area contributed by atoms with E-state index in [0.717, 1.165) is 11.8 Å². The van der Waals surface area contributed by atoms with Crippen LogP contribution >= 0.6 is 0 Å². The summed E-state index contributed by atoms with van der Waals surface area (Å²) in [7, 11) is 0. The molecule has 0 heterocycles. The van der Waals surface area contributed by atoms with Gasteiger partial charge in [-0.3, -0.25) is 0 Å². The molecule has 1 N–H and O–H groups in total. The normalized spacial score (nSPS) is 14.3. The van der Waals surface area contributed by atoms with Gasteiger partial charge in [-0.1, -0.05) is 54.4 Å². The van der Waals surface area contributed by atoms with Gasteiger partial charge >= 0.3 is 0 Å². The van der Waals surface area contributed by atoms with E-state index in [0.29, 0.717) is 5.41 Å². The van der Waals surface area contributed by atoms with Gasteiger partial charge in [-0.25, -0.2) is 0 Å². The van der Waals surface area contributed by atoms with E-state index in [-0.39, 0.29) is 0 Å². The molecule has 0 bridgehead atoms. The minimum Gasteiger partial charge on any atom is -0.316 e. The summed E-state index contributed by atoms with van der Waals surface area (Å²) < 4.78 is 0. The Morgan fingerprint density at radius 3 is 2.12 bits per heavy atom. The van der Waals surface area contributed by atoms with E-state index in [1.807, 2.05) is 0 Å². The van der Waals surface area contributed by atoms with Crippen LogP contribution in [0.1, 0.15) is 73.6 Å². The van der Waals surface area contributed by atoms with Gasteiger partial charge in [0.25, 0.3) is 0 Å². The van der Waals surface area contributed by atoms with Gasteiger partial charge < -0.3 is 5.32 Å². The number of hydrogen-bond acceptors (Lipinski definition) is 1. The molecule has 0 aliphatic rings. The molecule has 0 saturated carbocycles. The van der Waals surface area contributed by atoms with E-state index >= 15 is 0 Å². The molecule has 0 spiro atoms. The summed E-state index contributed by atoms with van der Waals surface area (Å²) in [5, 5.41) is 3.62. The fraction of sp³-hybridized carbons (Fsp3) is 1.00. The van der Waals surface area contributed by atoms with E-state index in [9.17, 15) is 0 Å². The van der Waals surface area contributed by atoms with Crippen LogP contribution in [0.3, 0.4) is 0 Å². The average molecular weight is 241 g/mol. The van der Waals surface area contributed by atoms with Crippen molar-refractivity contribution in [3.8, 4) is 0 Å². The standard InChI is InChI=1S/C16H35N/c1-7-9-15(13-17-12-14(2)3)10-8-11-16(4,5)6/h14-15,17H,7-13H2,1-6H3. The van der Waals surface area contributed by atoms with Crippen LogP contribution in [0.5, 0.6) is 0 Å². The first kappa shape index (κ1) is 17.0. The van der Waals surface area contributed by atoms with E-state index in [2.05, 4.69) is 46.9 Å². The second-order valence-corrected chi connectivity index (χ2v) is 7.16. The fourth-order valence-corrected chi connectivity index (χ4v) is 2.25. The highest BCUT2D eigenvalue weighted by atomic mass is 14.9. The molecule has 0 aliphatic carbocycles. The molecule has 104 valence electrons. The molecule has 0 rings (SSSR count). The Labute approximate surface area is 110 Å². The van der Waals surface area contributed by atoms with Crippen LogP contribution in [0.4, 0.5) is 0 Å². The molecule has 0 radical (unpaired) electrons. The monoisotopic (exact) mass is 241 g/mol. The Bertz CT molecular complexity index is 167. The van der Waals surface area contributed by atoms with Crippen molar-refractivity contribution >= 4 is 0 Å². The second-order valence-electron chi connectivity index (χ2n) is 7.16. The molecule has 0 fully saturated rings. The zero-order chi connectivity index (χ0) is 13.3. The van der Waals surface area contributed by atoms with Crippen LogP contribution in [0.15, 0.2) is 0 Å². The van der Waals surface area contributed by atoms with Gasteiger partial charge in [0.05, 0.1) is 0 Å². The third-order valence-corrected chi connectivity index (χ3v) is 3.22. The van der Waals surface area contributed by atoms with Crippen LogP contribution in [-0.4, -0.2) is 13.1 Å². The first-order valence-electron chi connectivity index (χ1n) is 7.56. The number of rotatable bonds is 9. The summed E-state index contributed by atoms with van der Waals surface area (Å²) in [6, 6.07) is 0. The van der Waals surface area contributed by atoms with Crippen molar-refractivity contribution < 1.29 is 0 Å². The molecule has 1 nitrogen and oxygen atoms in total. The predicted molar refractivity (Wildman–Crippen MR) is 79.4 cm³/mol. The van der Waals surface area contributed by atoms with Gasteiger partial charge in [0.2, 0.25) is 0 Å². The molecule has 0 aromatic rings. The van der Waals surface area contributed by atoms with Crippen LogP contribution < -0.4 is 5.32 Å². The molecule has 1 heteroatoms. The lowest BCUT2D eigenvalue weighted by Gasteiger charge is -2.21. The van der Waals surface area contributed by atoms with Crippen molar-refractivity contribution in [1.82, 2.24) is 5.32 Å². The number of nitrogens with one attached hydrogen (secondary N) is 1. The minimum absolute atomic E-state index is 0.502. The van der Waals surface area contributed by atoms with Gasteiger partial charge in [0.1, 0.15) is 0 Å². The SMILES string of the molecule is CCCC(CCCC(C)(C)C)CNCC(C)C. The summed E-state index contributed by atoms with van der Waals surface area (Å²) in [4.78, 5) is 0. The molecule has 1 unspecified atom stereocenters. The van der Waals surface area contributed by atoms with Crippen LogP contribution in [-0.2, 0) is 0 Å². The Morgan fingerprint density at radius 2 is 1.65 bits per heavy atom. The Kier molecular flexibility index (Phi) is 8.94. The van der Waals surface area contributed by atoms with Crippen molar-refractivity contribution in [3.63, 3.8) is 0 Å². The molecule has 0 aliphatic heterocycles. The van der Waals surface area contributed by atoms with Crippen molar-refractivity contribution in [1.29, 1.82) is 0 Å². The Hall–Kier alpha value is -0.0400. The fourth-order valence-electron chi connectivity index (χ4n) is 2.25. The van der Waals surface area contributed by atoms with Crippen molar-refractivity contribution in [2.75, 3.05) is 13.1 Å². The van der Waals surface area contributed by atoms with Crippen LogP contribution in [0.25, 0.3) is 0 Å². The van der Waals surface area contributed by atoms with Crippen LogP contribution in [0.2, 0.25) is 0 Å². The molecule has 0 saturated heterocycles. The molecule has 0 aromatic carbocycles. The number of hydrogen-bond donors (Lipinski definition) is 1. The van der Waals surface area contributed by atoms with Crippen LogP contribution in [0, 0.1) is 17.3 Å². The average Bonchev–Trinajstić information content (AvgIpc) is 2.15. The van der Waals surface area contributed by atoms with Crippen molar-refractivity contribution in [3.05, 3.63) is 0 Å². The molecular formula is C16H35N. The first-order valence-corrected chi connectivity index (χ1v) is 7.56. The lowest BCUT2D eigenvalue weighted by molar-refractivity contribution is 0.322. The highest BCUT2D eigenvalue weighted by Crippen LogP contribution is 2.24. The summed E-state index contributed by atoms with van der Waals surface area (Å²) >= 11 is 0. The zero-order valence-corrected chi connectivity index (χ0v) is 13.1. The minimum atomic E-state index is 0.502. The summed E-state index contributed by atoms with van der Waals surface area (Å²) in [5.41, 5.74) is 0.502. The summed E-state index contributed by atoms with van der Waals surface area (Å²) in [6.45, 7) is 16.3. The highest BCUT2D eigenvalue weighted by Gasteiger charge is 2.12. The van der Waals surface area contributed by atoms with Gasteiger partial charge in [-0.05, 0) is 49.6 Å². The van der Waals surface area contributed by atoms with Gasteiger partial charge in [0, 0.05) is 0 Å². The largest absolute Gasteiger partial charge is 0.316 e. The second kappa shape index (κ2) is 8.97. The molecule has 17 heavy (non-hydrogen) atoms. The lowest BCUT2D eigenvalue weighted by atomic mass is 9.87. The third-order valence-electron chi connectivity index (χ3n) is 3.22. The Balaban J connectivity index is 3.74. The first-order chi connectivity index (χ1) is 7.85.